The lowest BCUT2D eigenvalue weighted by atomic mass is 9.94. The molecule has 1 aliphatic carbocycles. The molecule has 0 unspecified atom stereocenters. The minimum Gasteiger partial charge on any atom is -0.351 e. The highest BCUT2D eigenvalue weighted by Crippen LogP contribution is 2.30. The highest BCUT2D eigenvalue weighted by molar-refractivity contribution is 9.10. The van der Waals surface area contributed by atoms with Gasteiger partial charge >= 0.3 is 0 Å². The van der Waals surface area contributed by atoms with Gasteiger partial charge in [0.05, 0.1) is 4.47 Å². The third kappa shape index (κ3) is 3.19. The fourth-order valence-electron chi connectivity index (χ4n) is 2.58. The molecule has 2 rings (SSSR count). The van der Waals surface area contributed by atoms with Crippen molar-refractivity contribution in [3.63, 3.8) is 0 Å². The molecule has 1 aliphatic rings. The van der Waals surface area contributed by atoms with E-state index in [1.165, 1.54) is 32.1 Å². The highest BCUT2D eigenvalue weighted by atomic mass is 79.9. The van der Waals surface area contributed by atoms with Gasteiger partial charge in [0.15, 0.2) is 0 Å². The molecule has 1 aromatic rings. The van der Waals surface area contributed by atoms with Gasteiger partial charge in [0.2, 0.25) is 0 Å². The zero-order chi connectivity index (χ0) is 12.1. The SMILES string of the molecule is NCCN(c1ncccc1Br)C1CCCCC1. The van der Waals surface area contributed by atoms with Gasteiger partial charge in [0.1, 0.15) is 5.82 Å². The van der Waals surface area contributed by atoms with Gasteiger partial charge in [0, 0.05) is 25.3 Å². The molecule has 4 heteroatoms. The van der Waals surface area contributed by atoms with Crippen molar-refractivity contribution in [3.8, 4) is 0 Å². The molecule has 0 radical (unpaired) electrons. The van der Waals surface area contributed by atoms with E-state index in [1.54, 1.807) is 0 Å². The van der Waals surface area contributed by atoms with Crippen molar-refractivity contribution in [1.29, 1.82) is 0 Å². The van der Waals surface area contributed by atoms with E-state index >= 15 is 0 Å². The van der Waals surface area contributed by atoms with Gasteiger partial charge in [-0.25, -0.2) is 4.98 Å². The Bertz CT molecular complexity index is 350. The van der Waals surface area contributed by atoms with E-state index < -0.39 is 0 Å². The summed E-state index contributed by atoms with van der Waals surface area (Å²) in [6.45, 7) is 1.57. The van der Waals surface area contributed by atoms with Crippen molar-refractivity contribution < 1.29 is 0 Å². The average Bonchev–Trinajstić information content (AvgIpc) is 2.38. The van der Waals surface area contributed by atoms with Crippen LogP contribution in [0.4, 0.5) is 5.82 Å². The van der Waals surface area contributed by atoms with Crippen molar-refractivity contribution in [2.24, 2.45) is 5.73 Å². The molecule has 1 saturated carbocycles. The third-order valence-corrected chi connectivity index (χ3v) is 4.02. The van der Waals surface area contributed by atoms with Crippen LogP contribution in [-0.4, -0.2) is 24.1 Å². The predicted octanol–water partition coefficient (Wildman–Crippen LogP) is 2.94. The largest absolute Gasteiger partial charge is 0.351 e. The molecule has 0 amide bonds. The van der Waals surface area contributed by atoms with Crippen LogP contribution in [0.3, 0.4) is 0 Å². The van der Waals surface area contributed by atoms with Crippen LogP contribution in [0, 0.1) is 0 Å². The van der Waals surface area contributed by atoms with Crippen LogP contribution in [0.2, 0.25) is 0 Å². The Morgan fingerprint density at radius 2 is 2.12 bits per heavy atom. The number of hydrogen-bond acceptors (Lipinski definition) is 3. The van der Waals surface area contributed by atoms with Crippen molar-refractivity contribution in [1.82, 2.24) is 4.98 Å². The van der Waals surface area contributed by atoms with Gasteiger partial charge in [-0.15, -0.1) is 0 Å². The maximum Gasteiger partial charge on any atom is 0.143 e. The number of pyridine rings is 1. The zero-order valence-corrected chi connectivity index (χ0v) is 11.7. The van der Waals surface area contributed by atoms with E-state index in [4.69, 9.17) is 5.73 Å². The second kappa shape index (κ2) is 6.36. The van der Waals surface area contributed by atoms with E-state index in [1.807, 2.05) is 12.3 Å². The van der Waals surface area contributed by atoms with Crippen molar-refractivity contribution in [3.05, 3.63) is 22.8 Å². The molecule has 0 spiro atoms. The fraction of sp³-hybridized carbons (Fsp3) is 0.615. The molecule has 3 nitrogen and oxygen atoms in total. The summed E-state index contributed by atoms with van der Waals surface area (Å²) >= 11 is 3.59. The van der Waals surface area contributed by atoms with E-state index in [9.17, 15) is 0 Å². The number of halogens is 1. The van der Waals surface area contributed by atoms with E-state index in [2.05, 4.69) is 31.9 Å². The lowest BCUT2D eigenvalue weighted by molar-refractivity contribution is 0.414. The lowest BCUT2D eigenvalue weighted by Crippen LogP contribution is -2.40. The first-order valence-corrected chi connectivity index (χ1v) is 7.19. The summed E-state index contributed by atoms with van der Waals surface area (Å²) in [6, 6.07) is 4.61. The second-order valence-corrected chi connectivity index (χ2v) is 5.44. The second-order valence-electron chi connectivity index (χ2n) is 4.58. The first-order valence-electron chi connectivity index (χ1n) is 6.40. The Balaban J connectivity index is 2.18. The number of aromatic nitrogens is 1. The van der Waals surface area contributed by atoms with Crippen molar-refractivity contribution >= 4 is 21.7 Å². The van der Waals surface area contributed by atoms with Crippen LogP contribution in [0.15, 0.2) is 22.8 Å². The molecule has 2 N–H and O–H groups in total. The van der Waals surface area contributed by atoms with Gasteiger partial charge in [-0.1, -0.05) is 19.3 Å². The maximum absolute atomic E-state index is 5.74. The van der Waals surface area contributed by atoms with Crippen molar-refractivity contribution in [2.75, 3.05) is 18.0 Å². The summed E-state index contributed by atoms with van der Waals surface area (Å²) in [6.07, 6.45) is 8.42. The normalized spacial score (nSPS) is 17.1. The molecule has 0 saturated heterocycles. The van der Waals surface area contributed by atoms with Crippen LogP contribution in [0.5, 0.6) is 0 Å². The Hall–Kier alpha value is -0.610. The molecule has 0 atom stereocenters. The Labute approximate surface area is 112 Å². The molecule has 0 aromatic carbocycles. The number of anilines is 1. The standard InChI is InChI=1S/C13H20BrN3/c14-12-7-4-9-16-13(12)17(10-8-15)11-5-2-1-3-6-11/h4,7,9,11H,1-3,5-6,8,10,15H2. The van der Waals surface area contributed by atoms with E-state index in [0.717, 1.165) is 16.8 Å². The first-order chi connectivity index (χ1) is 8.33. The van der Waals surface area contributed by atoms with Gasteiger partial charge in [-0.2, -0.15) is 0 Å². The summed E-state index contributed by atoms with van der Waals surface area (Å²) < 4.78 is 1.07. The summed E-state index contributed by atoms with van der Waals surface area (Å²) in [4.78, 5) is 6.87. The van der Waals surface area contributed by atoms with Crippen LogP contribution < -0.4 is 10.6 Å². The first kappa shape index (κ1) is 12.8. The van der Waals surface area contributed by atoms with Gasteiger partial charge in [-0.3, -0.25) is 0 Å². The topological polar surface area (TPSA) is 42.1 Å². The lowest BCUT2D eigenvalue weighted by Gasteiger charge is -2.35. The van der Waals surface area contributed by atoms with Gasteiger partial charge in [-0.05, 0) is 40.9 Å². The molecule has 1 aromatic heterocycles. The minimum atomic E-state index is 0.610. The summed E-state index contributed by atoms with van der Waals surface area (Å²) in [5.74, 6) is 1.05. The fourth-order valence-corrected chi connectivity index (χ4v) is 3.06. The van der Waals surface area contributed by atoms with E-state index in [-0.39, 0.29) is 0 Å². The van der Waals surface area contributed by atoms with E-state index in [0.29, 0.717) is 12.6 Å². The third-order valence-electron chi connectivity index (χ3n) is 3.40. The molecule has 0 aliphatic heterocycles. The number of nitrogens with two attached hydrogens (primary N) is 1. The number of hydrogen-bond donors (Lipinski definition) is 1. The molecular weight excluding hydrogens is 278 g/mol. The van der Waals surface area contributed by atoms with Crippen LogP contribution in [0.25, 0.3) is 0 Å². The van der Waals surface area contributed by atoms with Crippen molar-refractivity contribution in [2.45, 2.75) is 38.1 Å². The zero-order valence-electron chi connectivity index (χ0n) is 10.1. The minimum absolute atomic E-state index is 0.610. The Morgan fingerprint density at radius 1 is 1.35 bits per heavy atom. The molecule has 1 fully saturated rings. The summed E-state index contributed by atoms with van der Waals surface area (Å²) in [5, 5.41) is 0. The Kier molecular flexibility index (Phi) is 4.80. The molecule has 94 valence electrons. The molecular formula is C13H20BrN3. The smallest absolute Gasteiger partial charge is 0.143 e. The quantitative estimate of drug-likeness (QED) is 0.929. The number of nitrogens with zero attached hydrogens (tertiary/aromatic N) is 2. The number of rotatable bonds is 4. The molecule has 1 heterocycles. The Morgan fingerprint density at radius 3 is 2.76 bits per heavy atom. The predicted molar refractivity (Wildman–Crippen MR) is 75.2 cm³/mol. The van der Waals surface area contributed by atoms with Crippen LogP contribution in [0.1, 0.15) is 32.1 Å². The van der Waals surface area contributed by atoms with Gasteiger partial charge < -0.3 is 10.6 Å². The van der Waals surface area contributed by atoms with Crippen LogP contribution >= 0.6 is 15.9 Å². The maximum atomic E-state index is 5.74. The summed E-state index contributed by atoms with van der Waals surface area (Å²) in [7, 11) is 0. The van der Waals surface area contributed by atoms with Crippen LogP contribution in [-0.2, 0) is 0 Å². The van der Waals surface area contributed by atoms with Gasteiger partial charge in [0.25, 0.3) is 0 Å². The molecule has 0 bridgehead atoms. The highest BCUT2D eigenvalue weighted by Gasteiger charge is 2.22. The summed E-state index contributed by atoms with van der Waals surface area (Å²) in [5.41, 5.74) is 5.74. The average molecular weight is 298 g/mol. The molecule has 17 heavy (non-hydrogen) atoms. The monoisotopic (exact) mass is 297 g/mol.